The fourth-order valence-corrected chi connectivity index (χ4v) is 4.58. The molecule has 0 unspecified atom stereocenters. The van der Waals surface area contributed by atoms with E-state index in [0.717, 1.165) is 32.2 Å². The summed E-state index contributed by atoms with van der Waals surface area (Å²) in [5.74, 6) is 0.908. The Labute approximate surface area is 131 Å². The molecule has 1 aliphatic carbocycles. The van der Waals surface area contributed by atoms with Crippen molar-refractivity contribution < 1.29 is 9.53 Å². The topological polar surface area (TPSA) is 29.5 Å². The van der Waals surface area contributed by atoms with Crippen LogP contribution in [-0.2, 0) is 9.53 Å². The van der Waals surface area contributed by atoms with Gasteiger partial charge in [-0.1, -0.05) is 6.42 Å². The second kappa shape index (κ2) is 6.09. The molecule has 3 nitrogen and oxygen atoms in total. The lowest BCUT2D eigenvalue weighted by atomic mass is 9.65. The summed E-state index contributed by atoms with van der Waals surface area (Å²) in [6, 6.07) is 2.57. The predicted molar refractivity (Wildman–Crippen MR) is 85.6 cm³/mol. The Bertz CT molecular complexity index is 481. The third-order valence-electron chi connectivity index (χ3n) is 5.40. The van der Waals surface area contributed by atoms with Gasteiger partial charge in [0.1, 0.15) is 0 Å². The van der Waals surface area contributed by atoms with E-state index in [4.69, 9.17) is 4.74 Å². The van der Waals surface area contributed by atoms with E-state index in [0.29, 0.717) is 24.5 Å². The van der Waals surface area contributed by atoms with Crippen molar-refractivity contribution >= 4 is 17.2 Å². The molecule has 0 spiro atoms. The monoisotopic (exact) mass is 307 g/mol. The van der Waals surface area contributed by atoms with Gasteiger partial charge >= 0.3 is 0 Å². The average molecular weight is 307 g/mol. The third kappa shape index (κ3) is 2.76. The number of ether oxygens (including phenoxy) is 1. The molecule has 2 aliphatic rings. The van der Waals surface area contributed by atoms with Gasteiger partial charge < -0.3 is 9.64 Å². The van der Waals surface area contributed by atoms with Gasteiger partial charge in [0.2, 0.25) is 5.91 Å². The number of hydrogen-bond acceptors (Lipinski definition) is 3. The molecule has 116 valence electrons. The third-order valence-corrected chi connectivity index (χ3v) is 6.10. The van der Waals surface area contributed by atoms with Crippen LogP contribution in [0.25, 0.3) is 0 Å². The molecule has 0 N–H and O–H groups in total. The van der Waals surface area contributed by atoms with Crippen LogP contribution in [-0.4, -0.2) is 37.1 Å². The van der Waals surface area contributed by atoms with E-state index >= 15 is 0 Å². The van der Waals surface area contributed by atoms with Crippen LogP contribution < -0.4 is 0 Å². The van der Waals surface area contributed by atoms with Crippen LogP contribution in [0.3, 0.4) is 0 Å². The summed E-state index contributed by atoms with van der Waals surface area (Å²) >= 11 is 1.75. The highest BCUT2D eigenvalue weighted by Crippen LogP contribution is 2.47. The minimum Gasteiger partial charge on any atom is -0.385 e. The summed E-state index contributed by atoms with van der Waals surface area (Å²) in [4.78, 5) is 15.2. The molecule has 1 aromatic heterocycles. The normalized spacial score (nSPS) is 27.6. The molecule has 2 fully saturated rings. The van der Waals surface area contributed by atoms with Gasteiger partial charge in [0.25, 0.3) is 0 Å². The fourth-order valence-electron chi connectivity index (χ4n) is 3.84. The number of nitrogens with zero attached hydrogens (tertiary/aromatic N) is 1. The van der Waals surface area contributed by atoms with Crippen LogP contribution >= 0.6 is 11.3 Å². The Morgan fingerprint density at radius 2 is 2.33 bits per heavy atom. The van der Waals surface area contributed by atoms with Crippen molar-refractivity contribution in [3.63, 3.8) is 0 Å². The first-order valence-corrected chi connectivity index (χ1v) is 8.93. The number of carbonyl (C=O) groups excluding carboxylic acids is 1. The van der Waals surface area contributed by atoms with Crippen molar-refractivity contribution in [3.05, 3.63) is 22.4 Å². The van der Waals surface area contributed by atoms with Crippen molar-refractivity contribution in [1.29, 1.82) is 0 Å². The first-order chi connectivity index (χ1) is 10.2. The quantitative estimate of drug-likeness (QED) is 0.831. The highest BCUT2D eigenvalue weighted by molar-refractivity contribution is 7.07. The van der Waals surface area contributed by atoms with Crippen LogP contribution in [0.2, 0.25) is 0 Å². The van der Waals surface area contributed by atoms with E-state index in [1.807, 2.05) is 0 Å². The lowest BCUT2D eigenvalue weighted by Gasteiger charge is -2.43. The van der Waals surface area contributed by atoms with E-state index in [1.165, 1.54) is 12.0 Å². The Kier molecular flexibility index (Phi) is 4.36. The number of hydrogen-bond donors (Lipinski definition) is 0. The van der Waals surface area contributed by atoms with Gasteiger partial charge in [0, 0.05) is 32.2 Å². The maximum atomic E-state index is 13.1. The summed E-state index contributed by atoms with van der Waals surface area (Å²) in [5.41, 5.74) is 1.29. The minimum absolute atomic E-state index is 0.117. The van der Waals surface area contributed by atoms with Gasteiger partial charge in [-0.15, -0.1) is 0 Å². The summed E-state index contributed by atoms with van der Waals surface area (Å²) in [6.45, 7) is 3.79. The first kappa shape index (κ1) is 15.0. The van der Waals surface area contributed by atoms with Crippen LogP contribution in [0.15, 0.2) is 16.8 Å². The molecule has 1 aliphatic heterocycles. The maximum Gasteiger partial charge on any atom is 0.229 e. The zero-order valence-electron chi connectivity index (χ0n) is 13.0. The highest BCUT2D eigenvalue weighted by atomic mass is 32.1. The zero-order chi connectivity index (χ0) is 14.9. The summed E-state index contributed by atoms with van der Waals surface area (Å²) in [6.07, 6.45) is 5.26. The molecular formula is C17H25NO2S. The fraction of sp³-hybridized carbons (Fsp3) is 0.706. The van der Waals surface area contributed by atoms with E-state index in [2.05, 4.69) is 28.7 Å². The number of carbonyl (C=O) groups is 1. The predicted octanol–water partition coefficient (Wildman–Crippen LogP) is 3.66. The van der Waals surface area contributed by atoms with Gasteiger partial charge in [0.05, 0.1) is 5.41 Å². The van der Waals surface area contributed by atoms with Crippen molar-refractivity contribution in [2.75, 3.05) is 20.3 Å². The molecule has 1 amide bonds. The number of likely N-dealkylation sites (tertiary alicyclic amines) is 1. The van der Waals surface area contributed by atoms with E-state index in [-0.39, 0.29) is 5.41 Å². The molecular weight excluding hydrogens is 282 g/mol. The van der Waals surface area contributed by atoms with Gasteiger partial charge in [-0.25, -0.2) is 0 Å². The van der Waals surface area contributed by atoms with Gasteiger partial charge in [-0.2, -0.15) is 11.3 Å². The molecule has 1 aromatic rings. The lowest BCUT2D eigenvalue weighted by Crippen LogP contribution is -2.49. The van der Waals surface area contributed by atoms with E-state index in [9.17, 15) is 4.79 Å². The molecule has 0 aromatic carbocycles. The lowest BCUT2D eigenvalue weighted by molar-refractivity contribution is -0.149. The number of thiophene rings is 1. The number of methoxy groups -OCH3 is 1. The standard InChI is InChI=1S/C17H25NO2S/c1-13-10-15(14-4-9-21-12-14)11-18(13)16(19)17(5-3-6-17)7-8-20-2/h4,9,12-13,15H,3,5-8,10-11H2,1-2H3/t13-,15+/m0/s1. The zero-order valence-corrected chi connectivity index (χ0v) is 13.8. The molecule has 21 heavy (non-hydrogen) atoms. The van der Waals surface area contributed by atoms with Crippen LogP contribution in [0.5, 0.6) is 0 Å². The van der Waals surface area contributed by atoms with Crippen LogP contribution in [0.1, 0.15) is 50.5 Å². The number of amides is 1. The highest BCUT2D eigenvalue weighted by Gasteiger charge is 2.48. The summed E-state index contributed by atoms with van der Waals surface area (Å²) < 4.78 is 5.22. The Hall–Kier alpha value is -0.870. The smallest absolute Gasteiger partial charge is 0.229 e. The summed E-state index contributed by atoms with van der Waals surface area (Å²) in [5, 5.41) is 4.37. The molecule has 1 saturated heterocycles. The van der Waals surface area contributed by atoms with Gasteiger partial charge in [-0.3, -0.25) is 4.79 Å². The van der Waals surface area contributed by atoms with Crippen molar-refractivity contribution in [3.8, 4) is 0 Å². The van der Waals surface area contributed by atoms with Crippen LogP contribution in [0.4, 0.5) is 0 Å². The molecule has 1 saturated carbocycles. The molecule has 2 heterocycles. The molecule has 4 heteroatoms. The van der Waals surface area contributed by atoms with Crippen molar-refractivity contribution in [1.82, 2.24) is 4.90 Å². The van der Waals surface area contributed by atoms with Gasteiger partial charge in [-0.05, 0) is 55.0 Å². The largest absolute Gasteiger partial charge is 0.385 e. The Balaban J connectivity index is 1.69. The molecule has 2 atom stereocenters. The van der Waals surface area contributed by atoms with Gasteiger partial charge in [0.15, 0.2) is 0 Å². The second-order valence-electron chi connectivity index (χ2n) is 6.67. The molecule has 0 radical (unpaired) electrons. The average Bonchev–Trinajstić information content (AvgIpc) is 3.06. The van der Waals surface area contributed by atoms with E-state index in [1.54, 1.807) is 18.4 Å². The summed E-state index contributed by atoms with van der Waals surface area (Å²) in [7, 11) is 1.72. The molecule has 3 rings (SSSR count). The van der Waals surface area contributed by atoms with E-state index < -0.39 is 0 Å². The first-order valence-electron chi connectivity index (χ1n) is 7.98. The second-order valence-corrected chi connectivity index (χ2v) is 7.45. The maximum absolute atomic E-state index is 13.1. The molecule has 0 bridgehead atoms. The minimum atomic E-state index is -0.117. The number of rotatable bonds is 5. The Morgan fingerprint density at radius 3 is 2.90 bits per heavy atom. The van der Waals surface area contributed by atoms with Crippen LogP contribution in [0, 0.1) is 5.41 Å². The van der Waals surface area contributed by atoms with Crippen molar-refractivity contribution in [2.45, 2.75) is 51.0 Å². The van der Waals surface area contributed by atoms with Crippen molar-refractivity contribution in [2.24, 2.45) is 5.41 Å². The Morgan fingerprint density at radius 1 is 1.52 bits per heavy atom. The SMILES string of the molecule is COCCC1(C(=O)N2C[C@H](c3ccsc3)C[C@@H]2C)CCC1.